The Labute approximate surface area is 163 Å². The summed E-state index contributed by atoms with van der Waals surface area (Å²) in [5, 5.41) is 0.480. The van der Waals surface area contributed by atoms with Gasteiger partial charge in [-0.05, 0) is 43.9 Å². The molecule has 0 spiro atoms. The first-order valence-corrected chi connectivity index (χ1v) is 9.75. The largest absolute Gasteiger partial charge is 0.465 e. The van der Waals surface area contributed by atoms with Gasteiger partial charge in [-0.2, -0.15) is 0 Å². The zero-order valence-corrected chi connectivity index (χ0v) is 16.0. The van der Waals surface area contributed by atoms with Crippen molar-refractivity contribution in [3.05, 3.63) is 35.8 Å². The van der Waals surface area contributed by atoms with Crippen molar-refractivity contribution >= 4 is 28.6 Å². The molecule has 0 radical (unpaired) electrons. The molecule has 1 heterocycles. The molecule has 1 aliphatic carbocycles. The Hall–Kier alpha value is -2.70. The summed E-state index contributed by atoms with van der Waals surface area (Å²) in [5.41, 5.74) is 0.623. The Morgan fingerprint density at radius 3 is 2.68 bits per heavy atom. The summed E-state index contributed by atoms with van der Waals surface area (Å²) < 4.78 is 18.4. The smallest absolute Gasteiger partial charge is 0.325 e. The van der Waals surface area contributed by atoms with Crippen molar-refractivity contribution < 1.29 is 23.5 Å². The molecule has 0 atom stereocenters. The molecule has 0 saturated heterocycles. The maximum absolute atomic E-state index is 13.4. The number of ketones is 1. The van der Waals surface area contributed by atoms with Crippen molar-refractivity contribution in [2.24, 2.45) is 5.92 Å². The van der Waals surface area contributed by atoms with Crippen LogP contribution in [0.3, 0.4) is 0 Å². The second kappa shape index (κ2) is 8.99. The summed E-state index contributed by atoms with van der Waals surface area (Å²) in [6.45, 7) is 2.03. The fourth-order valence-corrected chi connectivity index (χ4v) is 3.81. The third kappa shape index (κ3) is 4.58. The van der Waals surface area contributed by atoms with Gasteiger partial charge in [-0.3, -0.25) is 14.4 Å². The van der Waals surface area contributed by atoms with E-state index >= 15 is 0 Å². The number of hydrogen-bond acceptors (Lipinski definition) is 4. The van der Waals surface area contributed by atoms with Crippen molar-refractivity contribution in [2.75, 3.05) is 19.7 Å². The van der Waals surface area contributed by atoms with Gasteiger partial charge in [0.1, 0.15) is 12.4 Å². The first kappa shape index (κ1) is 20.0. The molecule has 0 bridgehead atoms. The quantitative estimate of drug-likeness (QED) is 0.448. The highest BCUT2D eigenvalue weighted by Crippen LogP contribution is 2.25. The number of hydrogen-bond donors (Lipinski definition) is 1. The number of halogens is 1. The van der Waals surface area contributed by atoms with Crippen molar-refractivity contribution in [3.63, 3.8) is 0 Å². The van der Waals surface area contributed by atoms with Crippen LogP contribution < -0.4 is 0 Å². The summed E-state index contributed by atoms with van der Waals surface area (Å²) in [4.78, 5) is 41.9. The van der Waals surface area contributed by atoms with Gasteiger partial charge >= 0.3 is 5.97 Å². The van der Waals surface area contributed by atoms with Crippen molar-refractivity contribution in [2.45, 2.75) is 39.0 Å². The number of benzene rings is 1. The van der Waals surface area contributed by atoms with Gasteiger partial charge in [0.25, 0.3) is 11.7 Å². The van der Waals surface area contributed by atoms with E-state index < -0.39 is 23.5 Å². The number of aromatic amines is 1. The topological polar surface area (TPSA) is 79.5 Å². The molecule has 28 heavy (non-hydrogen) atoms. The number of H-pyrrole nitrogens is 1. The highest BCUT2D eigenvalue weighted by Gasteiger charge is 2.29. The number of fused-ring (bicyclic) bond motifs is 1. The SMILES string of the molecule is CCOC(=O)CN(CC1CCCCC1)C(=O)C(=O)c1c[nH]c2cc(F)ccc12. The van der Waals surface area contributed by atoms with Crippen LogP contribution in [-0.4, -0.2) is 47.2 Å². The van der Waals surface area contributed by atoms with E-state index in [-0.39, 0.29) is 24.6 Å². The van der Waals surface area contributed by atoms with Crippen LogP contribution in [0.1, 0.15) is 49.4 Å². The summed E-state index contributed by atoms with van der Waals surface area (Å²) >= 11 is 0. The Balaban J connectivity index is 1.81. The van der Waals surface area contributed by atoms with Gasteiger partial charge < -0.3 is 14.6 Å². The molecule has 1 amide bonds. The highest BCUT2D eigenvalue weighted by molar-refractivity contribution is 6.45. The number of ether oxygens (including phenoxy) is 1. The number of esters is 1. The van der Waals surface area contributed by atoms with Gasteiger partial charge in [0.05, 0.1) is 12.2 Å². The lowest BCUT2D eigenvalue weighted by molar-refractivity contribution is -0.148. The minimum Gasteiger partial charge on any atom is -0.465 e. The van der Waals surface area contributed by atoms with E-state index in [0.717, 1.165) is 25.7 Å². The molecule has 0 unspecified atom stereocenters. The molecule has 6 nitrogen and oxygen atoms in total. The Morgan fingerprint density at radius 1 is 1.21 bits per heavy atom. The summed E-state index contributed by atoms with van der Waals surface area (Å²) in [6.07, 6.45) is 6.73. The van der Waals surface area contributed by atoms with Crippen LogP contribution in [0.25, 0.3) is 10.9 Å². The number of aromatic nitrogens is 1. The molecule has 1 aromatic carbocycles. The molecule has 7 heteroatoms. The predicted molar refractivity (Wildman–Crippen MR) is 102 cm³/mol. The molecule has 3 rings (SSSR count). The minimum absolute atomic E-state index is 0.178. The van der Waals surface area contributed by atoms with E-state index in [4.69, 9.17) is 4.74 Å². The number of nitrogens with zero attached hydrogens (tertiary/aromatic N) is 1. The number of carbonyl (C=O) groups is 3. The molecule has 1 saturated carbocycles. The zero-order valence-electron chi connectivity index (χ0n) is 16.0. The van der Waals surface area contributed by atoms with Crippen LogP contribution in [0.4, 0.5) is 4.39 Å². The highest BCUT2D eigenvalue weighted by atomic mass is 19.1. The lowest BCUT2D eigenvalue weighted by atomic mass is 9.89. The fraction of sp³-hybridized carbons (Fsp3) is 0.476. The van der Waals surface area contributed by atoms with Crippen LogP contribution in [-0.2, 0) is 14.3 Å². The van der Waals surface area contributed by atoms with Crippen LogP contribution in [0.5, 0.6) is 0 Å². The van der Waals surface area contributed by atoms with Gasteiger partial charge in [-0.25, -0.2) is 4.39 Å². The number of carbonyl (C=O) groups excluding carboxylic acids is 3. The third-order valence-electron chi connectivity index (χ3n) is 5.20. The summed E-state index contributed by atoms with van der Waals surface area (Å²) in [5.74, 6) is -2.12. The van der Waals surface area contributed by atoms with E-state index in [0.29, 0.717) is 17.4 Å². The van der Waals surface area contributed by atoms with Crippen molar-refractivity contribution in [1.29, 1.82) is 0 Å². The molecule has 0 aliphatic heterocycles. The first-order valence-electron chi connectivity index (χ1n) is 9.75. The van der Waals surface area contributed by atoms with Gasteiger partial charge in [0.2, 0.25) is 0 Å². The molecule has 1 fully saturated rings. The number of amides is 1. The van der Waals surface area contributed by atoms with E-state index in [1.807, 2.05) is 0 Å². The zero-order chi connectivity index (χ0) is 20.1. The molecule has 2 aromatic rings. The lowest BCUT2D eigenvalue weighted by Gasteiger charge is -2.28. The van der Waals surface area contributed by atoms with E-state index in [1.165, 1.54) is 35.7 Å². The molecular formula is C21H25FN2O4. The lowest BCUT2D eigenvalue weighted by Crippen LogP contribution is -2.43. The second-order valence-corrected chi connectivity index (χ2v) is 7.22. The number of Topliss-reactive ketones (excluding diaryl/α,β-unsaturated/α-hetero) is 1. The van der Waals surface area contributed by atoms with Crippen LogP contribution in [0, 0.1) is 11.7 Å². The van der Waals surface area contributed by atoms with E-state index in [1.54, 1.807) is 6.92 Å². The number of rotatable bonds is 7. The van der Waals surface area contributed by atoms with Gasteiger partial charge in [-0.1, -0.05) is 19.3 Å². The van der Waals surface area contributed by atoms with Crippen LogP contribution in [0.2, 0.25) is 0 Å². The molecule has 150 valence electrons. The predicted octanol–water partition coefficient (Wildman–Crippen LogP) is 3.46. The first-order chi connectivity index (χ1) is 13.5. The molecule has 1 N–H and O–H groups in total. The fourth-order valence-electron chi connectivity index (χ4n) is 3.81. The van der Waals surface area contributed by atoms with E-state index in [9.17, 15) is 18.8 Å². The van der Waals surface area contributed by atoms with Gasteiger partial charge in [0, 0.05) is 23.6 Å². The van der Waals surface area contributed by atoms with Crippen molar-refractivity contribution in [3.8, 4) is 0 Å². The monoisotopic (exact) mass is 388 g/mol. The molecule has 1 aromatic heterocycles. The van der Waals surface area contributed by atoms with Gasteiger partial charge in [-0.15, -0.1) is 0 Å². The molecular weight excluding hydrogens is 363 g/mol. The van der Waals surface area contributed by atoms with Crippen LogP contribution >= 0.6 is 0 Å². The number of nitrogens with one attached hydrogen (secondary N) is 1. The average Bonchev–Trinajstić information content (AvgIpc) is 3.10. The average molecular weight is 388 g/mol. The standard InChI is InChI=1S/C21H25FN2O4/c1-2-28-19(25)13-24(12-14-6-4-3-5-7-14)21(27)20(26)17-11-23-18-10-15(22)8-9-16(17)18/h8-11,14,23H,2-7,12-13H2,1H3. The maximum atomic E-state index is 13.4. The minimum atomic E-state index is -0.733. The summed E-state index contributed by atoms with van der Waals surface area (Å²) in [7, 11) is 0. The molecule has 1 aliphatic rings. The van der Waals surface area contributed by atoms with Gasteiger partial charge in [0.15, 0.2) is 0 Å². The summed E-state index contributed by atoms with van der Waals surface area (Å²) in [6, 6.07) is 3.99. The van der Waals surface area contributed by atoms with Crippen molar-refractivity contribution in [1.82, 2.24) is 9.88 Å². The maximum Gasteiger partial charge on any atom is 0.325 e. The Morgan fingerprint density at radius 2 is 1.96 bits per heavy atom. The Kier molecular flexibility index (Phi) is 6.44. The third-order valence-corrected chi connectivity index (χ3v) is 5.20. The van der Waals surface area contributed by atoms with E-state index in [2.05, 4.69) is 4.98 Å². The normalized spacial score (nSPS) is 14.8. The second-order valence-electron chi connectivity index (χ2n) is 7.22. The van der Waals surface area contributed by atoms with Crippen LogP contribution in [0.15, 0.2) is 24.4 Å². The Bertz CT molecular complexity index is 870.